The summed E-state index contributed by atoms with van der Waals surface area (Å²) in [6.45, 7) is 3.61. The van der Waals surface area contributed by atoms with Crippen molar-refractivity contribution in [2.45, 2.75) is 25.8 Å². The fourth-order valence-electron chi connectivity index (χ4n) is 1.84. The molecule has 0 radical (unpaired) electrons. The molecule has 0 aliphatic rings. The lowest BCUT2D eigenvalue weighted by molar-refractivity contribution is -0.117. The van der Waals surface area contributed by atoms with Crippen molar-refractivity contribution in [2.24, 2.45) is 5.73 Å². The quantitative estimate of drug-likeness (QED) is 0.678. The van der Waals surface area contributed by atoms with Crippen molar-refractivity contribution >= 4 is 11.6 Å². The lowest BCUT2D eigenvalue weighted by Crippen LogP contribution is -2.36. The minimum Gasteiger partial charge on any atom is -0.326 e. The molecule has 20 heavy (non-hydrogen) atoms. The number of aromatic amines is 2. The van der Waals surface area contributed by atoms with Gasteiger partial charge < -0.3 is 11.1 Å². The number of rotatable bonds is 4. The number of aromatic nitrogens is 2. The van der Waals surface area contributed by atoms with Crippen LogP contribution in [0.1, 0.15) is 20.3 Å². The van der Waals surface area contributed by atoms with Gasteiger partial charge in [-0.1, -0.05) is 12.1 Å². The van der Waals surface area contributed by atoms with Crippen LogP contribution in [0, 0.1) is 0 Å². The Morgan fingerprint density at radius 2 is 1.90 bits per heavy atom. The second-order valence-electron chi connectivity index (χ2n) is 5.46. The van der Waals surface area contributed by atoms with Crippen LogP contribution in [0.25, 0.3) is 11.3 Å². The number of carbonyl (C=O) groups is 1. The fraction of sp³-hybridized carbons (Fsp3) is 0.286. The van der Waals surface area contributed by atoms with Gasteiger partial charge in [0.25, 0.3) is 5.56 Å². The maximum absolute atomic E-state index is 11.7. The second kappa shape index (κ2) is 5.34. The van der Waals surface area contributed by atoms with Crippen LogP contribution in [0.2, 0.25) is 0 Å². The van der Waals surface area contributed by atoms with Crippen LogP contribution in [-0.2, 0) is 4.79 Å². The molecule has 0 aliphatic heterocycles. The van der Waals surface area contributed by atoms with Crippen molar-refractivity contribution in [1.82, 2.24) is 10.2 Å². The average Bonchev–Trinajstić information content (AvgIpc) is 2.74. The Kier molecular flexibility index (Phi) is 3.76. The first-order chi connectivity index (χ1) is 9.33. The molecule has 0 bridgehead atoms. The smallest absolute Gasteiger partial charge is 0.264 e. The molecule has 0 saturated heterocycles. The molecule has 0 aliphatic carbocycles. The molecule has 6 nitrogen and oxygen atoms in total. The van der Waals surface area contributed by atoms with E-state index in [0.29, 0.717) is 11.4 Å². The van der Waals surface area contributed by atoms with E-state index in [0.717, 1.165) is 5.56 Å². The van der Waals surface area contributed by atoms with Gasteiger partial charge >= 0.3 is 0 Å². The number of hydrogen-bond donors (Lipinski definition) is 4. The minimum atomic E-state index is -0.533. The minimum absolute atomic E-state index is 0.125. The molecule has 0 fully saturated rings. The molecule has 1 aromatic heterocycles. The van der Waals surface area contributed by atoms with Crippen molar-refractivity contribution in [1.29, 1.82) is 0 Å². The van der Waals surface area contributed by atoms with Gasteiger partial charge in [-0.25, -0.2) is 0 Å². The van der Waals surface area contributed by atoms with Gasteiger partial charge in [0.2, 0.25) is 5.91 Å². The zero-order chi connectivity index (χ0) is 14.8. The Hall–Kier alpha value is -2.34. The van der Waals surface area contributed by atoms with Gasteiger partial charge in [0.15, 0.2) is 0 Å². The van der Waals surface area contributed by atoms with Crippen LogP contribution < -0.4 is 16.6 Å². The summed E-state index contributed by atoms with van der Waals surface area (Å²) < 4.78 is 0. The zero-order valence-corrected chi connectivity index (χ0v) is 11.5. The molecule has 2 aromatic rings. The van der Waals surface area contributed by atoms with Gasteiger partial charge in [-0.2, -0.15) is 0 Å². The zero-order valence-electron chi connectivity index (χ0n) is 11.5. The Bertz CT molecular complexity index is 647. The van der Waals surface area contributed by atoms with E-state index in [9.17, 15) is 9.59 Å². The molecule has 2 rings (SSSR count). The lowest BCUT2D eigenvalue weighted by Gasteiger charge is -2.17. The summed E-state index contributed by atoms with van der Waals surface area (Å²) in [5, 5.41) is 8.03. The maximum atomic E-state index is 11.7. The number of nitrogens with two attached hydrogens (primary N) is 1. The SMILES string of the molecule is CC(C)(N)CC(=O)Nc1ccc(-c2cc(=O)[nH][nH]2)cc1. The molecule has 106 valence electrons. The number of carbonyl (C=O) groups excluding carboxylic acids is 1. The first kappa shape index (κ1) is 14.1. The predicted octanol–water partition coefficient (Wildman–Crippen LogP) is 1.44. The largest absolute Gasteiger partial charge is 0.326 e. The van der Waals surface area contributed by atoms with E-state index in [1.54, 1.807) is 26.0 Å². The van der Waals surface area contributed by atoms with Crippen molar-refractivity contribution in [3.63, 3.8) is 0 Å². The summed E-state index contributed by atoms with van der Waals surface area (Å²) in [5.74, 6) is -0.125. The molecular formula is C14H18N4O2. The normalized spacial score (nSPS) is 11.3. The Morgan fingerprint density at radius 1 is 1.25 bits per heavy atom. The summed E-state index contributed by atoms with van der Waals surface area (Å²) in [5.41, 5.74) is 7.34. The molecule has 1 aromatic carbocycles. The monoisotopic (exact) mass is 274 g/mol. The summed E-state index contributed by atoms with van der Waals surface area (Å²) in [4.78, 5) is 22.8. The van der Waals surface area contributed by atoms with E-state index in [-0.39, 0.29) is 17.9 Å². The number of anilines is 1. The third-order valence-electron chi connectivity index (χ3n) is 2.69. The van der Waals surface area contributed by atoms with Gasteiger partial charge in [0.1, 0.15) is 0 Å². The first-order valence-corrected chi connectivity index (χ1v) is 6.30. The Morgan fingerprint density at radius 3 is 2.40 bits per heavy atom. The molecule has 0 saturated carbocycles. The van der Waals surface area contributed by atoms with Gasteiger partial charge in [-0.15, -0.1) is 0 Å². The highest BCUT2D eigenvalue weighted by Gasteiger charge is 2.16. The van der Waals surface area contributed by atoms with E-state index < -0.39 is 5.54 Å². The fourth-order valence-corrected chi connectivity index (χ4v) is 1.84. The van der Waals surface area contributed by atoms with Crippen molar-refractivity contribution in [3.05, 3.63) is 40.7 Å². The van der Waals surface area contributed by atoms with E-state index in [1.165, 1.54) is 6.07 Å². The van der Waals surface area contributed by atoms with Crippen LogP contribution in [0.5, 0.6) is 0 Å². The predicted molar refractivity (Wildman–Crippen MR) is 78.4 cm³/mol. The van der Waals surface area contributed by atoms with Gasteiger partial charge in [-0.05, 0) is 31.5 Å². The Balaban J connectivity index is 2.05. The van der Waals surface area contributed by atoms with E-state index in [4.69, 9.17) is 5.73 Å². The van der Waals surface area contributed by atoms with Crippen LogP contribution in [-0.4, -0.2) is 21.6 Å². The Labute approximate surface area is 116 Å². The number of nitrogens with one attached hydrogen (secondary N) is 3. The number of hydrogen-bond acceptors (Lipinski definition) is 3. The van der Waals surface area contributed by atoms with Gasteiger partial charge in [-0.3, -0.25) is 19.8 Å². The van der Waals surface area contributed by atoms with Crippen molar-refractivity contribution in [3.8, 4) is 11.3 Å². The third-order valence-corrected chi connectivity index (χ3v) is 2.69. The molecule has 1 heterocycles. The third kappa shape index (κ3) is 3.83. The molecule has 1 amide bonds. The molecule has 6 heteroatoms. The van der Waals surface area contributed by atoms with Gasteiger partial charge in [0, 0.05) is 23.7 Å². The summed E-state index contributed by atoms with van der Waals surface area (Å²) >= 11 is 0. The van der Waals surface area contributed by atoms with E-state index >= 15 is 0 Å². The summed E-state index contributed by atoms with van der Waals surface area (Å²) in [7, 11) is 0. The molecule has 0 spiro atoms. The first-order valence-electron chi connectivity index (χ1n) is 6.30. The topological polar surface area (TPSA) is 104 Å². The molecular weight excluding hydrogens is 256 g/mol. The summed E-state index contributed by atoms with van der Waals surface area (Å²) in [6.07, 6.45) is 0.250. The highest BCUT2D eigenvalue weighted by molar-refractivity contribution is 5.91. The summed E-state index contributed by atoms with van der Waals surface area (Å²) in [6, 6.07) is 8.68. The van der Waals surface area contributed by atoms with Crippen molar-refractivity contribution < 1.29 is 4.79 Å². The maximum Gasteiger partial charge on any atom is 0.264 e. The molecule has 0 atom stereocenters. The van der Waals surface area contributed by atoms with E-state index in [2.05, 4.69) is 15.5 Å². The number of amides is 1. The lowest BCUT2D eigenvalue weighted by atomic mass is 10.0. The molecule has 0 unspecified atom stereocenters. The average molecular weight is 274 g/mol. The highest BCUT2D eigenvalue weighted by atomic mass is 16.1. The molecule has 5 N–H and O–H groups in total. The van der Waals surface area contributed by atoms with Crippen molar-refractivity contribution in [2.75, 3.05) is 5.32 Å². The van der Waals surface area contributed by atoms with Crippen LogP contribution in [0.15, 0.2) is 35.1 Å². The van der Waals surface area contributed by atoms with E-state index in [1.807, 2.05) is 12.1 Å². The number of H-pyrrole nitrogens is 2. The van der Waals surface area contributed by atoms with Crippen LogP contribution in [0.4, 0.5) is 5.69 Å². The van der Waals surface area contributed by atoms with Gasteiger partial charge in [0.05, 0.1) is 5.69 Å². The van der Waals surface area contributed by atoms with Crippen LogP contribution >= 0.6 is 0 Å². The standard InChI is InChI=1S/C14H18N4O2/c1-14(2,15)8-13(20)16-10-5-3-9(4-6-10)11-7-12(19)18-17-11/h3-7H,8,15H2,1-2H3,(H,16,20)(H2,17,18,19). The highest BCUT2D eigenvalue weighted by Crippen LogP contribution is 2.18. The van der Waals surface area contributed by atoms with Crippen LogP contribution in [0.3, 0.4) is 0 Å². The number of benzene rings is 1. The second-order valence-corrected chi connectivity index (χ2v) is 5.46.